The second-order valence-electron chi connectivity index (χ2n) is 3.38. The predicted molar refractivity (Wildman–Crippen MR) is 64.3 cm³/mol. The molecule has 0 saturated heterocycles. The maximum absolute atomic E-state index is 11.7. The summed E-state index contributed by atoms with van der Waals surface area (Å²) in [7, 11) is 0. The van der Waals surface area contributed by atoms with Crippen molar-refractivity contribution < 1.29 is 14.2 Å². The van der Waals surface area contributed by atoms with Crippen LogP contribution >= 0.6 is 15.9 Å². The fourth-order valence-corrected chi connectivity index (χ4v) is 1.87. The smallest absolute Gasteiger partial charge is 0.342 e. The van der Waals surface area contributed by atoms with E-state index in [1.165, 1.54) is 4.68 Å². The molecule has 0 fully saturated rings. The van der Waals surface area contributed by atoms with Crippen molar-refractivity contribution in [1.82, 2.24) is 0 Å². The lowest BCUT2D eigenvalue weighted by atomic mass is 10.1. The first-order valence-corrected chi connectivity index (χ1v) is 5.63. The average Bonchev–Trinajstić information content (AvgIpc) is 2.24. The lowest BCUT2D eigenvalue weighted by Gasteiger charge is -2.11. The highest BCUT2D eigenvalue weighted by molar-refractivity contribution is 9.10. The summed E-state index contributed by atoms with van der Waals surface area (Å²) in [5, 5.41) is 0. The summed E-state index contributed by atoms with van der Waals surface area (Å²) >= 11 is 3.30. The van der Waals surface area contributed by atoms with Crippen molar-refractivity contribution >= 4 is 27.7 Å². The number of pyridine rings is 1. The number of aromatic nitrogens is 1. The third-order valence-corrected chi connectivity index (χ3v) is 3.39. The molecule has 0 aliphatic rings. The zero-order chi connectivity index (χ0) is 12.5. The molecule has 4 N–H and O–H groups in total. The molecule has 1 aromatic rings. The predicted octanol–water partition coefficient (Wildman–Crippen LogP) is 0.826. The molecular formula is C10H15BrN3O2+. The standard InChI is InChI=1S/C10H14BrN3O2/c1-4-16-10(15)7-5(2)8(11)9(12)14(13)6(7)3/h12H,4,13H2,1-3H3/p+1. The van der Waals surface area contributed by atoms with Gasteiger partial charge in [-0.25, -0.2) is 4.79 Å². The van der Waals surface area contributed by atoms with Crippen molar-refractivity contribution in [3.63, 3.8) is 0 Å². The molecule has 0 aliphatic carbocycles. The first-order chi connectivity index (χ1) is 7.41. The monoisotopic (exact) mass is 288 g/mol. The molecule has 1 rings (SSSR count). The highest BCUT2D eigenvalue weighted by Gasteiger charge is 2.25. The van der Waals surface area contributed by atoms with Gasteiger partial charge in [-0.3, -0.25) is 11.6 Å². The van der Waals surface area contributed by atoms with E-state index in [0.29, 0.717) is 28.2 Å². The van der Waals surface area contributed by atoms with Crippen molar-refractivity contribution in [3.8, 4) is 0 Å². The summed E-state index contributed by atoms with van der Waals surface area (Å²) in [6.07, 6.45) is 0. The quantitative estimate of drug-likeness (QED) is 0.480. The van der Waals surface area contributed by atoms with Crippen molar-refractivity contribution in [2.75, 3.05) is 18.2 Å². The molecule has 0 atom stereocenters. The number of nitrogens with two attached hydrogens (primary N) is 2. The molecule has 0 aliphatic heterocycles. The van der Waals surface area contributed by atoms with Gasteiger partial charge < -0.3 is 4.74 Å². The van der Waals surface area contributed by atoms with Crippen LogP contribution in [0.5, 0.6) is 0 Å². The molecule has 0 unspecified atom stereocenters. The number of halogens is 1. The van der Waals surface area contributed by atoms with Gasteiger partial charge >= 0.3 is 11.8 Å². The van der Waals surface area contributed by atoms with Crippen LogP contribution in [-0.4, -0.2) is 12.6 Å². The van der Waals surface area contributed by atoms with E-state index in [-0.39, 0.29) is 0 Å². The van der Waals surface area contributed by atoms with Gasteiger partial charge in [0.2, 0.25) is 0 Å². The minimum absolute atomic E-state index is 0.324. The summed E-state index contributed by atoms with van der Waals surface area (Å²) in [4.78, 5) is 11.7. The number of ether oxygens (including phenoxy) is 1. The number of rotatable bonds is 2. The van der Waals surface area contributed by atoms with Crippen LogP contribution in [0.3, 0.4) is 0 Å². The minimum Gasteiger partial charge on any atom is -0.462 e. The van der Waals surface area contributed by atoms with E-state index < -0.39 is 5.97 Å². The number of nitrogens with zero attached hydrogens (tertiary/aromatic N) is 1. The summed E-state index contributed by atoms with van der Waals surface area (Å²) in [5.41, 5.74) is 7.53. The van der Waals surface area contributed by atoms with E-state index >= 15 is 0 Å². The van der Waals surface area contributed by atoms with Gasteiger partial charge in [-0.15, -0.1) is 4.68 Å². The Hall–Kier alpha value is -1.30. The van der Waals surface area contributed by atoms with E-state index in [2.05, 4.69) is 15.9 Å². The number of nitrogen functional groups attached to an aromatic ring is 2. The van der Waals surface area contributed by atoms with Gasteiger partial charge in [-0.1, -0.05) is 0 Å². The van der Waals surface area contributed by atoms with Crippen LogP contribution < -0.4 is 16.3 Å². The molecule has 16 heavy (non-hydrogen) atoms. The van der Waals surface area contributed by atoms with Gasteiger partial charge in [-0.2, -0.15) is 0 Å². The van der Waals surface area contributed by atoms with Crippen molar-refractivity contribution in [3.05, 3.63) is 21.3 Å². The molecule has 1 aromatic heterocycles. The van der Waals surface area contributed by atoms with Gasteiger partial charge in [0, 0.05) is 6.92 Å². The fraction of sp³-hybridized carbons (Fsp3) is 0.400. The van der Waals surface area contributed by atoms with Crippen LogP contribution in [0, 0.1) is 13.8 Å². The zero-order valence-corrected chi connectivity index (χ0v) is 11.1. The Morgan fingerprint density at radius 1 is 1.50 bits per heavy atom. The van der Waals surface area contributed by atoms with Crippen LogP contribution in [0.4, 0.5) is 5.82 Å². The minimum atomic E-state index is -0.391. The van der Waals surface area contributed by atoms with Gasteiger partial charge in [0.1, 0.15) is 15.7 Å². The molecule has 0 saturated carbocycles. The van der Waals surface area contributed by atoms with Crippen molar-refractivity contribution in [2.24, 2.45) is 0 Å². The van der Waals surface area contributed by atoms with E-state index in [0.717, 1.165) is 5.56 Å². The van der Waals surface area contributed by atoms with Crippen LogP contribution in [-0.2, 0) is 4.74 Å². The summed E-state index contributed by atoms with van der Waals surface area (Å²) in [5.74, 6) is 5.73. The number of esters is 1. The zero-order valence-electron chi connectivity index (χ0n) is 9.50. The Bertz CT molecular complexity index is 417. The van der Waals surface area contributed by atoms with Crippen LogP contribution in [0.1, 0.15) is 28.5 Å². The molecule has 1 heterocycles. The SMILES string of the molecule is CCOC(=O)c1c(C)c(Br)c(N)[n+](N)c1C. The van der Waals surface area contributed by atoms with Gasteiger partial charge in [0.05, 0.1) is 6.61 Å². The molecular weight excluding hydrogens is 274 g/mol. The Kier molecular flexibility index (Phi) is 3.74. The lowest BCUT2D eigenvalue weighted by Crippen LogP contribution is -2.51. The largest absolute Gasteiger partial charge is 0.462 e. The third kappa shape index (κ3) is 1.97. The molecule has 6 heteroatoms. The summed E-state index contributed by atoms with van der Waals surface area (Å²) < 4.78 is 6.85. The van der Waals surface area contributed by atoms with Gasteiger partial charge in [0.25, 0.3) is 0 Å². The van der Waals surface area contributed by atoms with Crippen molar-refractivity contribution in [1.29, 1.82) is 0 Å². The van der Waals surface area contributed by atoms with Gasteiger partial charge in [-0.05, 0) is 35.3 Å². The van der Waals surface area contributed by atoms with Crippen LogP contribution in [0.2, 0.25) is 0 Å². The Balaban J connectivity index is 3.45. The molecule has 0 bridgehead atoms. The van der Waals surface area contributed by atoms with E-state index in [1.54, 1.807) is 20.8 Å². The number of carbonyl (C=O) groups is 1. The molecule has 0 amide bonds. The normalized spacial score (nSPS) is 10.2. The fourth-order valence-electron chi connectivity index (χ4n) is 1.48. The Morgan fingerprint density at radius 3 is 2.56 bits per heavy atom. The molecule has 88 valence electrons. The average molecular weight is 289 g/mol. The first-order valence-electron chi connectivity index (χ1n) is 4.84. The first kappa shape index (κ1) is 12.8. The number of anilines is 1. The van der Waals surface area contributed by atoms with Crippen molar-refractivity contribution in [2.45, 2.75) is 20.8 Å². The van der Waals surface area contributed by atoms with E-state index in [9.17, 15) is 4.79 Å². The number of hydrogen-bond donors (Lipinski definition) is 2. The number of hydrogen-bond acceptors (Lipinski definition) is 4. The highest BCUT2D eigenvalue weighted by atomic mass is 79.9. The molecule has 0 aromatic carbocycles. The number of carbonyl (C=O) groups excluding carboxylic acids is 1. The highest BCUT2D eigenvalue weighted by Crippen LogP contribution is 2.25. The van der Waals surface area contributed by atoms with Crippen LogP contribution in [0.25, 0.3) is 0 Å². The van der Waals surface area contributed by atoms with Gasteiger partial charge in [0.15, 0.2) is 0 Å². The second-order valence-corrected chi connectivity index (χ2v) is 4.17. The lowest BCUT2D eigenvalue weighted by molar-refractivity contribution is -0.631. The van der Waals surface area contributed by atoms with Crippen LogP contribution in [0.15, 0.2) is 4.47 Å². The van der Waals surface area contributed by atoms with E-state index in [4.69, 9.17) is 16.3 Å². The molecule has 0 radical (unpaired) electrons. The Morgan fingerprint density at radius 2 is 2.06 bits per heavy atom. The maximum atomic E-state index is 11.7. The van der Waals surface area contributed by atoms with E-state index in [1.807, 2.05) is 0 Å². The topological polar surface area (TPSA) is 82.2 Å². The molecule has 5 nitrogen and oxygen atoms in total. The molecule has 0 spiro atoms. The maximum Gasteiger partial charge on any atom is 0.342 e. The second kappa shape index (κ2) is 4.69. The third-order valence-electron chi connectivity index (χ3n) is 2.39. The summed E-state index contributed by atoms with van der Waals surface area (Å²) in [6, 6.07) is 0. The Labute approximate surface area is 102 Å². The summed E-state index contributed by atoms with van der Waals surface area (Å²) in [6.45, 7) is 5.59.